The minimum atomic E-state index is -3.12. The second-order valence-corrected chi connectivity index (χ2v) is 9.97. The summed E-state index contributed by atoms with van der Waals surface area (Å²) in [6, 6.07) is 2.00. The molecule has 3 atom stereocenters. The normalized spacial score (nSPS) is 26.3. The highest BCUT2D eigenvalue weighted by Crippen LogP contribution is 2.44. The van der Waals surface area contributed by atoms with E-state index in [9.17, 15) is 8.42 Å². The summed E-state index contributed by atoms with van der Waals surface area (Å²) in [7, 11) is -3.12. The molecule has 2 saturated carbocycles. The fraction of sp³-hybridized carbons (Fsp3) is 0.611. The lowest BCUT2D eigenvalue weighted by Crippen LogP contribution is -2.31. The van der Waals surface area contributed by atoms with E-state index in [1.54, 1.807) is 6.20 Å². The van der Waals surface area contributed by atoms with Crippen molar-refractivity contribution in [3.63, 3.8) is 0 Å². The molecule has 3 heterocycles. The Balaban J connectivity index is 1.42. The van der Waals surface area contributed by atoms with Gasteiger partial charge in [0, 0.05) is 18.7 Å². The van der Waals surface area contributed by atoms with Crippen LogP contribution in [0.15, 0.2) is 18.5 Å². The Labute approximate surface area is 157 Å². The number of fused-ring (bicyclic) bond motifs is 3. The smallest absolute Gasteiger partial charge is 0.214 e. The van der Waals surface area contributed by atoms with Crippen LogP contribution < -0.4 is 4.72 Å². The second kappa shape index (κ2) is 6.27. The quantitative estimate of drug-likeness (QED) is 0.673. The summed E-state index contributed by atoms with van der Waals surface area (Å²) in [6.07, 6.45) is 8.21. The maximum atomic E-state index is 12.2. The van der Waals surface area contributed by atoms with Crippen LogP contribution in [-0.2, 0) is 10.0 Å². The van der Waals surface area contributed by atoms with Gasteiger partial charge < -0.3 is 4.98 Å². The summed E-state index contributed by atoms with van der Waals surface area (Å²) >= 11 is 0. The monoisotopic (exact) mass is 388 g/mol. The molecule has 2 N–H and O–H groups in total. The molecule has 0 bridgehead atoms. The van der Waals surface area contributed by atoms with Crippen LogP contribution in [0.1, 0.15) is 50.8 Å². The third-order valence-corrected chi connectivity index (χ3v) is 8.07. The van der Waals surface area contributed by atoms with Gasteiger partial charge in [0.15, 0.2) is 11.3 Å². The first kappa shape index (κ1) is 17.1. The predicted octanol–water partition coefficient (Wildman–Crippen LogP) is 2.21. The van der Waals surface area contributed by atoms with Crippen LogP contribution in [0.25, 0.3) is 16.8 Å². The number of aromatic amines is 1. The van der Waals surface area contributed by atoms with Gasteiger partial charge in [-0.15, -0.1) is 10.2 Å². The largest absolute Gasteiger partial charge is 0.345 e. The molecule has 0 aromatic carbocycles. The van der Waals surface area contributed by atoms with Gasteiger partial charge in [0.1, 0.15) is 5.82 Å². The molecule has 2 aliphatic carbocycles. The van der Waals surface area contributed by atoms with Crippen molar-refractivity contribution in [2.45, 2.75) is 50.2 Å². The number of rotatable bonds is 6. The van der Waals surface area contributed by atoms with Crippen LogP contribution in [-0.4, -0.2) is 44.8 Å². The minimum absolute atomic E-state index is 0.161. The molecule has 0 unspecified atom stereocenters. The first-order valence-corrected chi connectivity index (χ1v) is 11.3. The third-order valence-electron chi connectivity index (χ3n) is 6.15. The summed E-state index contributed by atoms with van der Waals surface area (Å²) in [5.74, 6) is 2.07. The van der Waals surface area contributed by atoms with E-state index in [4.69, 9.17) is 0 Å². The van der Waals surface area contributed by atoms with Gasteiger partial charge in [-0.05, 0) is 43.6 Å². The maximum absolute atomic E-state index is 12.2. The van der Waals surface area contributed by atoms with Crippen molar-refractivity contribution in [2.75, 3.05) is 6.54 Å². The molecular formula is C18H24N6O2S. The van der Waals surface area contributed by atoms with Gasteiger partial charge in [0.2, 0.25) is 10.0 Å². The summed E-state index contributed by atoms with van der Waals surface area (Å²) in [6.45, 7) is 2.73. The zero-order valence-electron chi connectivity index (χ0n) is 15.3. The number of sulfonamides is 1. The Bertz CT molecular complexity index is 1080. The van der Waals surface area contributed by atoms with Crippen molar-refractivity contribution in [1.82, 2.24) is 29.3 Å². The van der Waals surface area contributed by atoms with E-state index in [1.165, 1.54) is 0 Å². The first-order valence-electron chi connectivity index (χ1n) is 9.72. The number of nitrogens with zero attached hydrogens (tertiary/aromatic N) is 4. The molecule has 0 spiro atoms. The Morgan fingerprint density at radius 3 is 2.93 bits per heavy atom. The molecule has 5 rings (SSSR count). The van der Waals surface area contributed by atoms with Crippen molar-refractivity contribution >= 4 is 26.8 Å². The van der Waals surface area contributed by atoms with E-state index in [-0.39, 0.29) is 11.2 Å². The molecule has 8 nitrogen and oxygen atoms in total. The van der Waals surface area contributed by atoms with Crippen LogP contribution in [0, 0.1) is 11.8 Å². The number of nitrogens with one attached hydrogen (secondary N) is 2. The summed E-state index contributed by atoms with van der Waals surface area (Å²) in [5.41, 5.74) is 2.56. The number of hydrogen-bond acceptors (Lipinski definition) is 5. The molecule has 0 aliphatic heterocycles. The van der Waals surface area contributed by atoms with Crippen molar-refractivity contribution in [2.24, 2.45) is 11.8 Å². The third kappa shape index (κ3) is 2.93. The van der Waals surface area contributed by atoms with E-state index in [1.807, 2.05) is 12.3 Å². The van der Waals surface area contributed by atoms with Gasteiger partial charge in [-0.25, -0.2) is 18.1 Å². The van der Waals surface area contributed by atoms with E-state index in [0.29, 0.717) is 18.4 Å². The highest BCUT2D eigenvalue weighted by Gasteiger charge is 2.39. The Kier molecular flexibility index (Phi) is 3.98. The molecule has 9 heteroatoms. The lowest BCUT2D eigenvalue weighted by atomic mass is 9.93. The molecule has 0 saturated heterocycles. The fourth-order valence-corrected chi connectivity index (χ4v) is 6.00. The Hall–Kier alpha value is -2.00. The van der Waals surface area contributed by atoms with Gasteiger partial charge in [-0.1, -0.05) is 13.3 Å². The zero-order chi connectivity index (χ0) is 18.6. The predicted molar refractivity (Wildman–Crippen MR) is 102 cm³/mol. The zero-order valence-corrected chi connectivity index (χ0v) is 16.1. The SMILES string of the molecule is CC[C@@H]1C[C@H](CNS(=O)(=O)C2CC2)C[C@@H]1c1nnc2cnc3[nH]ccc3n12. The Morgan fingerprint density at radius 1 is 1.30 bits per heavy atom. The average Bonchev–Trinajstić information content (AvgIpc) is 3.11. The van der Waals surface area contributed by atoms with Crippen molar-refractivity contribution < 1.29 is 8.42 Å². The van der Waals surface area contributed by atoms with Crippen LogP contribution in [0.5, 0.6) is 0 Å². The maximum Gasteiger partial charge on any atom is 0.214 e. The van der Waals surface area contributed by atoms with Crippen molar-refractivity contribution in [3.05, 3.63) is 24.3 Å². The van der Waals surface area contributed by atoms with Crippen molar-refractivity contribution in [3.8, 4) is 0 Å². The molecule has 2 aliphatic rings. The van der Waals surface area contributed by atoms with Gasteiger partial charge in [0.25, 0.3) is 0 Å². The molecule has 3 aromatic rings. The molecule has 144 valence electrons. The molecule has 27 heavy (non-hydrogen) atoms. The molecule has 0 amide bonds. The topological polar surface area (TPSA) is 105 Å². The van der Waals surface area contributed by atoms with Gasteiger partial charge >= 0.3 is 0 Å². The van der Waals surface area contributed by atoms with Crippen LogP contribution in [0.3, 0.4) is 0 Å². The standard InChI is InChI=1S/C18H24N6O2S/c1-2-12-7-11(9-21-27(25,26)13-3-4-13)8-14(12)18-23-22-16-10-20-17-15(24(16)18)5-6-19-17/h5-6,10-14,19,21H,2-4,7-9H2,1H3/t11-,12+,14-/m0/s1. The number of hydrogen-bond donors (Lipinski definition) is 2. The first-order chi connectivity index (χ1) is 13.1. The van der Waals surface area contributed by atoms with Crippen LogP contribution in [0.2, 0.25) is 0 Å². The summed E-state index contributed by atoms with van der Waals surface area (Å²) in [4.78, 5) is 7.53. The lowest BCUT2D eigenvalue weighted by Gasteiger charge is -2.16. The van der Waals surface area contributed by atoms with Crippen LogP contribution >= 0.6 is 0 Å². The number of H-pyrrole nitrogens is 1. The number of aromatic nitrogens is 5. The molecular weight excluding hydrogens is 364 g/mol. The van der Waals surface area contributed by atoms with Crippen LogP contribution in [0.4, 0.5) is 0 Å². The summed E-state index contributed by atoms with van der Waals surface area (Å²) < 4.78 is 29.3. The highest BCUT2D eigenvalue weighted by molar-refractivity contribution is 7.90. The van der Waals surface area contributed by atoms with Gasteiger partial charge in [-0.2, -0.15) is 0 Å². The second-order valence-electron chi connectivity index (χ2n) is 7.93. The highest BCUT2D eigenvalue weighted by atomic mass is 32.2. The van der Waals surface area contributed by atoms with Gasteiger partial charge in [0.05, 0.1) is 17.0 Å². The Morgan fingerprint density at radius 2 is 2.15 bits per heavy atom. The van der Waals surface area contributed by atoms with Crippen molar-refractivity contribution in [1.29, 1.82) is 0 Å². The molecule has 2 fully saturated rings. The van der Waals surface area contributed by atoms with Gasteiger partial charge in [-0.3, -0.25) is 4.40 Å². The van der Waals surface area contributed by atoms with E-state index >= 15 is 0 Å². The van der Waals surface area contributed by atoms with E-state index in [0.717, 1.165) is 54.7 Å². The average molecular weight is 388 g/mol. The van der Waals surface area contributed by atoms with E-state index in [2.05, 4.69) is 36.2 Å². The van der Waals surface area contributed by atoms with E-state index < -0.39 is 10.0 Å². The fourth-order valence-electron chi connectivity index (χ4n) is 4.54. The summed E-state index contributed by atoms with van der Waals surface area (Å²) in [5, 5.41) is 8.68. The molecule has 0 radical (unpaired) electrons. The lowest BCUT2D eigenvalue weighted by molar-refractivity contribution is 0.443. The molecule has 3 aromatic heterocycles. The minimum Gasteiger partial charge on any atom is -0.345 e.